The molecule has 0 aliphatic carbocycles. The molecule has 0 amide bonds. The van der Waals surface area contributed by atoms with Gasteiger partial charge in [-0.3, -0.25) is 4.98 Å². The van der Waals surface area contributed by atoms with Crippen molar-refractivity contribution in [3.63, 3.8) is 0 Å². The first-order chi connectivity index (χ1) is 8.16. The second kappa shape index (κ2) is 5.50. The zero-order chi connectivity index (χ0) is 12.3. The number of hydrogen-bond acceptors (Lipinski definition) is 3. The van der Waals surface area contributed by atoms with Crippen molar-refractivity contribution < 1.29 is 0 Å². The molecule has 2 heterocycles. The lowest BCUT2D eigenvalue weighted by Crippen LogP contribution is -2.28. The van der Waals surface area contributed by atoms with Crippen LogP contribution in [0.2, 0.25) is 0 Å². The van der Waals surface area contributed by atoms with E-state index in [0.29, 0.717) is 5.92 Å². The molecule has 3 nitrogen and oxygen atoms in total. The summed E-state index contributed by atoms with van der Waals surface area (Å²) in [6.07, 6.45) is 5.22. The van der Waals surface area contributed by atoms with Gasteiger partial charge in [0.05, 0.1) is 11.9 Å². The van der Waals surface area contributed by atoms with Crippen LogP contribution in [-0.2, 0) is 0 Å². The van der Waals surface area contributed by atoms with Gasteiger partial charge in [0.2, 0.25) is 0 Å². The molecular weight excluding hydrogens is 210 g/mol. The second-order valence-electron chi connectivity index (χ2n) is 5.28. The van der Waals surface area contributed by atoms with Crippen LogP contribution in [0.1, 0.15) is 31.7 Å². The summed E-state index contributed by atoms with van der Waals surface area (Å²) in [5.74, 6) is 0.553. The molecule has 1 aliphatic heterocycles. The van der Waals surface area contributed by atoms with Crippen LogP contribution in [0.4, 0.5) is 5.69 Å². The Balaban J connectivity index is 2.13. The summed E-state index contributed by atoms with van der Waals surface area (Å²) in [4.78, 5) is 9.24. The lowest BCUT2D eigenvalue weighted by Gasteiger charge is -2.23. The predicted octanol–water partition coefficient (Wildman–Crippen LogP) is 2.35. The largest absolute Gasteiger partial charge is 0.369 e. The van der Waals surface area contributed by atoms with Gasteiger partial charge in [-0.2, -0.15) is 0 Å². The molecule has 94 valence electrons. The third-order valence-corrected chi connectivity index (χ3v) is 3.50. The van der Waals surface area contributed by atoms with Crippen molar-refractivity contribution in [3.05, 3.63) is 24.0 Å². The maximum Gasteiger partial charge on any atom is 0.0556 e. The fourth-order valence-corrected chi connectivity index (χ4v) is 2.24. The summed E-state index contributed by atoms with van der Waals surface area (Å²) in [6, 6.07) is 2.29. The smallest absolute Gasteiger partial charge is 0.0556 e. The first-order valence-electron chi connectivity index (χ1n) is 6.55. The molecule has 0 spiro atoms. The predicted molar refractivity (Wildman–Crippen MR) is 72.7 cm³/mol. The van der Waals surface area contributed by atoms with E-state index in [0.717, 1.165) is 19.6 Å². The van der Waals surface area contributed by atoms with Crippen molar-refractivity contribution in [3.8, 4) is 0 Å². The topological polar surface area (TPSA) is 19.4 Å². The van der Waals surface area contributed by atoms with Crippen molar-refractivity contribution in [1.29, 1.82) is 0 Å². The summed E-state index contributed by atoms with van der Waals surface area (Å²) in [5, 5.41) is 0. The van der Waals surface area contributed by atoms with Crippen LogP contribution in [0.3, 0.4) is 0 Å². The number of rotatable bonds is 2. The second-order valence-corrected chi connectivity index (χ2v) is 5.28. The number of anilines is 1. The molecule has 0 N–H and O–H groups in total. The molecule has 0 atom stereocenters. The molecule has 1 aromatic rings. The van der Waals surface area contributed by atoms with Crippen LogP contribution in [0.25, 0.3) is 0 Å². The molecule has 17 heavy (non-hydrogen) atoms. The summed E-state index contributed by atoms with van der Waals surface area (Å²) in [7, 11) is 2.20. The van der Waals surface area contributed by atoms with Gasteiger partial charge in [0, 0.05) is 25.8 Å². The minimum absolute atomic E-state index is 0.553. The Kier molecular flexibility index (Phi) is 4.00. The standard InChI is InChI=1S/C14H23N3/c1-12(2)13-9-14(11-15-10-13)17-6-4-5-16(3)7-8-17/h9-12H,4-8H2,1-3H3. The van der Waals surface area contributed by atoms with Crippen molar-refractivity contribution in [2.45, 2.75) is 26.2 Å². The van der Waals surface area contributed by atoms with Crippen LogP contribution in [0.5, 0.6) is 0 Å². The molecule has 1 aliphatic rings. The zero-order valence-electron chi connectivity index (χ0n) is 11.2. The Morgan fingerprint density at radius 2 is 1.94 bits per heavy atom. The average Bonchev–Trinajstić information content (AvgIpc) is 2.54. The molecule has 0 radical (unpaired) electrons. The molecular formula is C14H23N3. The first kappa shape index (κ1) is 12.4. The van der Waals surface area contributed by atoms with E-state index in [4.69, 9.17) is 0 Å². The highest BCUT2D eigenvalue weighted by atomic mass is 15.2. The third kappa shape index (κ3) is 3.19. The molecule has 0 bridgehead atoms. The lowest BCUT2D eigenvalue weighted by atomic mass is 10.1. The molecule has 0 unspecified atom stereocenters. The van der Waals surface area contributed by atoms with E-state index in [1.54, 1.807) is 0 Å². The van der Waals surface area contributed by atoms with Gasteiger partial charge < -0.3 is 9.80 Å². The van der Waals surface area contributed by atoms with Crippen LogP contribution in [0, 0.1) is 0 Å². The Labute approximate surface area is 104 Å². The van der Waals surface area contributed by atoms with Crippen molar-refractivity contribution in [1.82, 2.24) is 9.88 Å². The van der Waals surface area contributed by atoms with Crippen molar-refractivity contribution in [2.75, 3.05) is 38.1 Å². The van der Waals surface area contributed by atoms with Gasteiger partial charge in [0.25, 0.3) is 0 Å². The zero-order valence-corrected chi connectivity index (χ0v) is 11.2. The Bertz CT molecular complexity index is 362. The van der Waals surface area contributed by atoms with E-state index in [2.05, 4.69) is 41.7 Å². The highest BCUT2D eigenvalue weighted by Gasteiger charge is 2.13. The van der Waals surface area contributed by atoms with Gasteiger partial charge >= 0.3 is 0 Å². The van der Waals surface area contributed by atoms with E-state index >= 15 is 0 Å². The Morgan fingerprint density at radius 3 is 2.71 bits per heavy atom. The summed E-state index contributed by atoms with van der Waals surface area (Å²) >= 11 is 0. The van der Waals surface area contributed by atoms with E-state index in [-0.39, 0.29) is 0 Å². The average molecular weight is 233 g/mol. The van der Waals surface area contributed by atoms with Gasteiger partial charge in [-0.05, 0) is 37.6 Å². The van der Waals surface area contributed by atoms with Crippen LogP contribution in [-0.4, -0.2) is 43.1 Å². The fourth-order valence-electron chi connectivity index (χ4n) is 2.24. The van der Waals surface area contributed by atoms with E-state index < -0.39 is 0 Å². The Morgan fingerprint density at radius 1 is 1.12 bits per heavy atom. The number of hydrogen-bond donors (Lipinski definition) is 0. The fraction of sp³-hybridized carbons (Fsp3) is 0.643. The first-order valence-corrected chi connectivity index (χ1v) is 6.55. The molecule has 0 saturated carbocycles. The molecule has 2 rings (SSSR count). The van der Waals surface area contributed by atoms with E-state index in [9.17, 15) is 0 Å². The number of aromatic nitrogens is 1. The Hall–Kier alpha value is -1.09. The summed E-state index contributed by atoms with van der Waals surface area (Å²) < 4.78 is 0. The van der Waals surface area contributed by atoms with Crippen LogP contribution < -0.4 is 4.90 Å². The molecule has 3 heteroatoms. The molecule has 1 fully saturated rings. The highest BCUT2D eigenvalue weighted by Crippen LogP contribution is 2.21. The van der Waals surface area contributed by atoms with Gasteiger partial charge in [-0.1, -0.05) is 13.8 Å². The van der Waals surface area contributed by atoms with Crippen LogP contribution >= 0.6 is 0 Å². The maximum absolute atomic E-state index is 4.38. The maximum atomic E-state index is 4.38. The minimum atomic E-state index is 0.553. The molecule has 1 aromatic heterocycles. The normalized spacial score (nSPS) is 18.5. The minimum Gasteiger partial charge on any atom is -0.369 e. The van der Waals surface area contributed by atoms with E-state index in [1.807, 2.05) is 12.4 Å². The summed E-state index contributed by atoms with van der Waals surface area (Å²) in [5.41, 5.74) is 2.62. The quantitative estimate of drug-likeness (QED) is 0.781. The van der Waals surface area contributed by atoms with E-state index in [1.165, 1.54) is 24.2 Å². The third-order valence-electron chi connectivity index (χ3n) is 3.50. The van der Waals surface area contributed by atoms with Gasteiger partial charge in [0.15, 0.2) is 0 Å². The number of pyridine rings is 1. The van der Waals surface area contributed by atoms with Gasteiger partial charge in [-0.15, -0.1) is 0 Å². The molecule has 1 saturated heterocycles. The number of nitrogens with zero attached hydrogens (tertiary/aromatic N) is 3. The van der Waals surface area contributed by atoms with Gasteiger partial charge in [0.1, 0.15) is 0 Å². The number of likely N-dealkylation sites (N-methyl/N-ethyl adjacent to an activating group) is 1. The highest BCUT2D eigenvalue weighted by molar-refractivity contribution is 5.46. The van der Waals surface area contributed by atoms with Gasteiger partial charge in [-0.25, -0.2) is 0 Å². The van der Waals surface area contributed by atoms with Crippen molar-refractivity contribution in [2.24, 2.45) is 0 Å². The van der Waals surface area contributed by atoms with Crippen LogP contribution in [0.15, 0.2) is 18.5 Å². The monoisotopic (exact) mass is 233 g/mol. The van der Waals surface area contributed by atoms with Crippen molar-refractivity contribution >= 4 is 5.69 Å². The summed E-state index contributed by atoms with van der Waals surface area (Å²) in [6.45, 7) is 9.04. The lowest BCUT2D eigenvalue weighted by molar-refractivity contribution is 0.360. The SMILES string of the molecule is CC(C)c1cncc(N2CCCN(C)CC2)c1. The molecule has 0 aromatic carbocycles.